The predicted octanol–water partition coefficient (Wildman–Crippen LogP) is 1.07. The van der Waals surface area contributed by atoms with Crippen LogP contribution in [0.3, 0.4) is 0 Å². The highest BCUT2D eigenvalue weighted by atomic mass is 32.1. The summed E-state index contributed by atoms with van der Waals surface area (Å²) in [6.45, 7) is 4.78. The Morgan fingerprint density at radius 1 is 1.43 bits per heavy atom. The molecule has 2 heterocycles. The molecule has 1 N–H and O–H groups in total. The lowest BCUT2D eigenvalue weighted by atomic mass is 10.2. The number of morpholine rings is 1. The van der Waals surface area contributed by atoms with Crippen molar-refractivity contribution in [2.45, 2.75) is 13.2 Å². The van der Waals surface area contributed by atoms with Gasteiger partial charge in [-0.3, -0.25) is 4.90 Å². The molecule has 1 aromatic rings. The number of aliphatic hydroxyl groups is 1. The maximum Gasteiger partial charge on any atom is 0.0777 e. The van der Waals surface area contributed by atoms with E-state index in [4.69, 9.17) is 9.84 Å². The average molecular weight is 213 g/mol. The van der Waals surface area contributed by atoms with E-state index in [1.165, 1.54) is 5.56 Å². The third kappa shape index (κ3) is 2.33. The van der Waals surface area contributed by atoms with E-state index in [-0.39, 0.29) is 6.61 Å². The van der Waals surface area contributed by atoms with Crippen LogP contribution < -0.4 is 0 Å². The summed E-state index contributed by atoms with van der Waals surface area (Å²) in [7, 11) is 0. The van der Waals surface area contributed by atoms with Crippen molar-refractivity contribution in [3.8, 4) is 0 Å². The second-order valence-electron chi connectivity index (χ2n) is 3.42. The third-order valence-electron chi connectivity index (χ3n) is 2.48. The van der Waals surface area contributed by atoms with Gasteiger partial charge in [-0.1, -0.05) is 0 Å². The highest BCUT2D eigenvalue weighted by Gasteiger charge is 2.12. The van der Waals surface area contributed by atoms with Crippen LogP contribution in [0.1, 0.15) is 10.4 Å². The summed E-state index contributed by atoms with van der Waals surface area (Å²) >= 11 is 1.63. The predicted molar refractivity (Wildman–Crippen MR) is 56.3 cm³/mol. The molecule has 2 rings (SSSR count). The monoisotopic (exact) mass is 213 g/mol. The molecule has 78 valence electrons. The number of ether oxygens (including phenoxy) is 1. The van der Waals surface area contributed by atoms with Gasteiger partial charge in [0.05, 0.1) is 19.8 Å². The minimum atomic E-state index is 0.164. The minimum Gasteiger partial charge on any atom is -0.391 e. The second-order valence-corrected chi connectivity index (χ2v) is 4.42. The number of aliphatic hydroxyl groups excluding tert-OH is 1. The zero-order chi connectivity index (χ0) is 9.80. The Morgan fingerprint density at radius 2 is 2.21 bits per heavy atom. The van der Waals surface area contributed by atoms with E-state index in [2.05, 4.69) is 11.0 Å². The van der Waals surface area contributed by atoms with Crippen molar-refractivity contribution in [3.63, 3.8) is 0 Å². The molecule has 1 aliphatic heterocycles. The first-order valence-electron chi connectivity index (χ1n) is 4.86. The first kappa shape index (κ1) is 10.1. The maximum absolute atomic E-state index is 9.10. The molecule has 0 spiro atoms. The highest BCUT2D eigenvalue weighted by molar-refractivity contribution is 7.10. The zero-order valence-corrected chi connectivity index (χ0v) is 8.92. The van der Waals surface area contributed by atoms with Crippen LogP contribution >= 0.6 is 11.3 Å². The molecule has 1 fully saturated rings. The molecule has 0 bridgehead atoms. The van der Waals surface area contributed by atoms with E-state index in [1.54, 1.807) is 11.3 Å². The summed E-state index contributed by atoms with van der Waals surface area (Å²) in [6.07, 6.45) is 0. The van der Waals surface area contributed by atoms with Crippen molar-refractivity contribution >= 4 is 11.3 Å². The molecule has 0 aliphatic carbocycles. The minimum absolute atomic E-state index is 0.164. The van der Waals surface area contributed by atoms with E-state index >= 15 is 0 Å². The molecule has 0 aromatic carbocycles. The van der Waals surface area contributed by atoms with Crippen LogP contribution in [0.2, 0.25) is 0 Å². The lowest BCUT2D eigenvalue weighted by Crippen LogP contribution is -2.35. The Labute approximate surface area is 87.9 Å². The fourth-order valence-electron chi connectivity index (χ4n) is 1.65. The Kier molecular flexibility index (Phi) is 3.53. The first-order valence-corrected chi connectivity index (χ1v) is 5.74. The smallest absolute Gasteiger partial charge is 0.0777 e. The lowest BCUT2D eigenvalue weighted by Gasteiger charge is -2.26. The van der Waals surface area contributed by atoms with Crippen molar-refractivity contribution in [3.05, 3.63) is 21.9 Å². The van der Waals surface area contributed by atoms with Crippen LogP contribution in [0.5, 0.6) is 0 Å². The Morgan fingerprint density at radius 3 is 2.93 bits per heavy atom. The molecular formula is C10H15NO2S. The van der Waals surface area contributed by atoms with E-state index in [1.807, 2.05) is 5.38 Å². The van der Waals surface area contributed by atoms with Crippen LogP contribution in [0.25, 0.3) is 0 Å². The van der Waals surface area contributed by atoms with Gasteiger partial charge in [0, 0.05) is 24.5 Å². The Bertz CT molecular complexity index is 281. The standard InChI is InChI=1S/C10H15NO2S/c12-8-10-9(1-6-14-10)7-11-2-4-13-5-3-11/h1,6,12H,2-5,7-8H2. The Hall–Kier alpha value is -0.420. The molecule has 1 aromatic heterocycles. The quantitative estimate of drug-likeness (QED) is 0.815. The summed E-state index contributed by atoms with van der Waals surface area (Å²) in [4.78, 5) is 3.46. The van der Waals surface area contributed by atoms with Crippen molar-refractivity contribution in [1.29, 1.82) is 0 Å². The van der Waals surface area contributed by atoms with E-state index in [0.717, 1.165) is 37.7 Å². The number of hydrogen-bond acceptors (Lipinski definition) is 4. The van der Waals surface area contributed by atoms with Gasteiger partial charge >= 0.3 is 0 Å². The largest absolute Gasteiger partial charge is 0.391 e. The van der Waals surface area contributed by atoms with Gasteiger partial charge in [0.25, 0.3) is 0 Å². The summed E-state index contributed by atoms with van der Waals surface area (Å²) < 4.78 is 5.29. The molecule has 1 saturated heterocycles. The molecule has 0 amide bonds. The highest BCUT2D eigenvalue weighted by Crippen LogP contribution is 2.18. The number of hydrogen-bond donors (Lipinski definition) is 1. The van der Waals surface area contributed by atoms with Crippen LogP contribution in [-0.4, -0.2) is 36.3 Å². The molecule has 1 aliphatic rings. The average Bonchev–Trinajstić information content (AvgIpc) is 2.67. The van der Waals surface area contributed by atoms with Gasteiger partial charge in [-0.25, -0.2) is 0 Å². The number of rotatable bonds is 3. The van der Waals surface area contributed by atoms with Gasteiger partial charge in [0.1, 0.15) is 0 Å². The van der Waals surface area contributed by atoms with Gasteiger partial charge in [-0.05, 0) is 17.0 Å². The summed E-state index contributed by atoms with van der Waals surface area (Å²) in [5.74, 6) is 0. The van der Waals surface area contributed by atoms with Crippen LogP contribution in [0, 0.1) is 0 Å². The summed E-state index contributed by atoms with van der Waals surface area (Å²) in [6, 6.07) is 2.10. The molecule has 14 heavy (non-hydrogen) atoms. The van der Waals surface area contributed by atoms with Crippen molar-refractivity contribution in [1.82, 2.24) is 4.90 Å². The van der Waals surface area contributed by atoms with Crippen LogP contribution in [0.4, 0.5) is 0 Å². The molecule has 4 heteroatoms. The molecule has 0 unspecified atom stereocenters. The molecule has 0 radical (unpaired) electrons. The fraction of sp³-hybridized carbons (Fsp3) is 0.600. The van der Waals surface area contributed by atoms with Gasteiger partial charge < -0.3 is 9.84 Å². The van der Waals surface area contributed by atoms with Crippen LogP contribution in [-0.2, 0) is 17.9 Å². The topological polar surface area (TPSA) is 32.7 Å². The SMILES string of the molecule is OCc1sccc1CN1CCOCC1. The first-order chi connectivity index (χ1) is 6.90. The van der Waals surface area contributed by atoms with Crippen molar-refractivity contribution in [2.24, 2.45) is 0 Å². The summed E-state index contributed by atoms with van der Waals surface area (Å²) in [5, 5.41) is 11.1. The van der Waals surface area contributed by atoms with E-state index in [0.29, 0.717) is 0 Å². The molecular weight excluding hydrogens is 198 g/mol. The van der Waals surface area contributed by atoms with Crippen LogP contribution in [0.15, 0.2) is 11.4 Å². The van der Waals surface area contributed by atoms with Gasteiger partial charge in [-0.2, -0.15) is 0 Å². The fourth-order valence-corrected chi connectivity index (χ4v) is 2.40. The van der Waals surface area contributed by atoms with Gasteiger partial charge in [0.15, 0.2) is 0 Å². The normalized spacial score (nSPS) is 18.6. The Balaban J connectivity index is 1.95. The lowest BCUT2D eigenvalue weighted by molar-refractivity contribution is 0.0340. The number of thiophene rings is 1. The maximum atomic E-state index is 9.10. The molecule has 0 atom stereocenters. The number of nitrogens with zero attached hydrogens (tertiary/aromatic N) is 1. The second kappa shape index (κ2) is 4.89. The van der Waals surface area contributed by atoms with Crippen molar-refractivity contribution in [2.75, 3.05) is 26.3 Å². The van der Waals surface area contributed by atoms with E-state index < -0.39 is 0 Å². The zero-order valence-electron chi connectivity index (χ0n) is 8.11. The van der Waals surface area contributed by atoms with Gasteiger partial charge in [0.2, 0.25) is 0 Å². The third-order valence-corrected chi connectivity index (χ3v) is 3.43. The summed E-state index contributed by atoms with van der Waals surface area (Å²) in [5.41, 5.74) is 1.26. The van der Waals surface area contributed by atoms with E-state index in [9.17, 15) is 0 Å². The van der Waals surface area contributed by atoms with Gasteiger partial charge in [-0.15, -0.1) is 11.3 Å². The molecule has 0 saturated carbocycles. The molecule has 3 nitrogen and oxygen atoms in total. The van der Waals surface area contributed by atoms with Crippen molar-refractivity contribution < 1.29 is 9.84 Å².